The standard InChI is InChI=1S/C14H25N3O3/c1-5-8-10(9-19-4)17-11(6-2)16-12(13(17)15)14(18)20-7-3/h10H,5-9,15H2,1-4H3. The van der Waals surface area contributed by atoms with Crippen LogP contribution >= 0.6 is 0 Å². The molecule has 0 spiro atoms. The van der Waals surface area contributed by atoms with Crippen molar-refractivity contribution in [2.24, 2.45) is 0 Å². The molecule has 0 saturated carbocycles. The summed E-state index contributed by atoms with van der Waals surface area (Å²) in [5, 5.41) is 0. The predicted octanol–water partition coefficient (Wildman–Crippen LogP) is 2.19. The minimum atomic E-state index is -0.467. The number of ether oxygens (including phenoxy) is 2. The maximum absolute atomic E-state index is 11.9. The van der Waals surface area contributed by atoms with Crippen molar-refractivity contribution in [2.45, 2.75) is 46.1 Å². The van der Waals surface area contributed by atoms with E-state index in [1.807, 2.05) is 11.5 Å². The molecule has 1 aromatic rings. The number of nitrogens with zero attached hydrogens (tertiary/aromatic N) is 2. The topological polar surface area (TPSA) is 79.4 Å². The zero-order valence-corrected chi connectivity index (χ0v) is 12.8. The summed E-state index contributed by atoms with van der Waals surface area (Å²) in [5.41, 5.74) is 6.33. The zero-order valence-electron chi connectivity index (χ0n) is 12.8. The number of carbonyl (C=O) groups excluding carboxylic acids is 1. The van der Waals surface area contributed by atoms with Crippen LogP contribution < -0.4 is 5.73 Å². The van der Waals surface area contributed by atoms with Gasteiger partial charge in [0.1, 0.15) is 11.6 Å². The third-order valence-corrected chi connectivity index (χ3v) is 3.15. The number of esters is 1. The molecule has 1 rings (SSSR count). The maximum atomic E-state index is 11.9. The van der Waals surface area contributed by atoms with Gasteiger partial charge in [-0.05, 0) is 13.3 Å². The van der Waals surface area contributed by atoms with E-state index in [1.165, 1.54) is 0 Å². The molecule has 0 aliphatic heterocycles. The number of carbonyl (C=O) groups is 1. The molecule has 1 aromatic heterocycles. The highest BCUT2D eigenvalue weighted by molar-refractivity contribution is 5.92. The normalized spacial score (nSPS) is 12.4. The van der Waals surface area contributed by atoms with Crippen LogP contribution in [-0.2, 0) is 15.9 Å². The molecule has 6 nitrogen and oxygen atoms in total. The van der Waals surface area contributed by atoms with E-state index in [4.69, 9.17) is 15.2 Å². The molecule has 0 saturated heterocycles. The van der Waals surface area contributed by atoms with Gasteiger partial charge >= 0.3 is 5.97 Å². The molecule has 1 unspecified atom stereocenters. The van der Waals surface area contributed by atoms with E-state index < -0.39 is 5.97 Å². The number of imidazole rings is 1. The Labute approximate surface area is 120 Å². The first-order chi connectivity index (χ1) is 9.60. The summed E-state index contributed by atoms with van der Waals surface area (Å²) >= 11 is 0. The zero-order chi connectivity index (χ0) is 15.1. The molecule has 2 N–H and O–H groups in total. The second-order valence-corrected chi connectivity index (χ2v) is 4.60. The van der Waals surface area contributed by atoms with Crippen LogP contribution in [0.2, 0.25) is 0 Å². The van der Waals surface area contributed by atoms with E-state index in [0.29, 0.717) is 25.5 Å². The van der Waals surface area contributed by atoms with E-state index in [2.05, 4.69) is 11.9 Å². The lowest BCUT2D eigenvalue weighted by Crippen LogP contribution is -2.19. The Morgan fingerprint density at radius 2 is 2.10 bits per heavy atom. The third kappa shape index (κ3) is 3.50. The minimum Gasteiger partial charge on any atom is -0.461 e. The highest BCUT2D eigenvalue weighted by Gasteiger charge is 2.24. The number of hydrogen-bond donors (Lipinski definition) is 1. The van der Waals surface area contributed by atoms with Crippen molar-refractivity contribution < 1.29 is 14.3 Å². The summed E-state index contributed by atoms with van der Waals surface area (Å²) in [7, 11) is 1.66. The Kier molecular flexibility index (Phi) is 6.51. The number of anilines is 1. The van der Waals surface area contributed by atoms with Crippen molar-refractivity contribution in [2.75, 3.05) is 26.1 Å². The second kappa shape index (κ2) is 7.89. The van der Waals surface area contributed by atoms with E-state index >= 15 is 0 Å². The number of aryl methyl sites for hydroxylation is 1. The van der Waals surface area contributed by atoms with Crippen molar-refractivity contribution in [1.29, 1.82) is 0 Å². The monoisotopic (exact) mass is 283 g/mol. The number of hydrogen-bond acceptors (Lipinski definition) is 5. The molecule has 0 amide bonds. The molecule has 0 bridgehead atoms. The Morgan fingerprint density at radius 1 is 1.40 bits per heavy atom. The summed E-state index contributed by atoms with van der Waals surface area (Å²) in [6.07, 6.45) is 2.63. The van der Waals surface area contributed by atoms with Crippen molar-refractivity contribution in [3.63, 3.8) is 0 Å². The lowest BCUT2D eigenvalue weighted by molar-refractivity contribution is 0.0521. The first kappa shape index (κ1) is 16.5. The summed E-state index contributed by atoms with van der Waals surface area (Å²) in [6, 6.07) is 0.0932. The number of rotatable bonds is 8. The van der Waals surface area contributed by atoms with Crippen molar-refractivity contribution in [3.8, 4) is 0 Å². The van der Waals surface area contributed by atoms with Crippen LogP contribution in [0.1, 0.15) is 56.0 Å². The van der Waals surface area contributed by atoms with E-state index in [0.717, 1.165) is 18.7 Å². The van der Waals surface area contributed by atoms with Gasteiger partial charge in [0, 0.05) is 13.5 Å². The van der Waals surface area contributed by atoms with Crippen molar-refractivity contribution >= 4 is 11.8 Å². The van der Waals surface area contributed by atoms with E-state index in [9.17, 15) is 4.79 Å². The average Bonchev–Trinajstić information content (AvgIpc) is 2.76. The van der Waals surface area contributed by atoms with Crippen LogP contribution in [0.3, 0.4) is 0 Å². The van der Waals surface area contributed by atoms with Crippen LogP contribution in [0.5, 0.6) is 0 Å². The summed E-state index contributed by atoms with van der Waals surface area (Å²) in [6.45, 7) is 6.71. The fraction of sp³-hybridized carbons (Fsp3) is 0.714. The first-order valence-corrected chi connectivity index (χ1v) is 7.13. The molecule has 0 fully saturated rings. The fourth-order valence-corrected chi connectivity index (χ4v) is 2.31. The fourth-order valence-electron chi connectivity index (χ4n) is 2.31. The van der Waals surface area contributed by atoms with Gasteiger partial charge < -0.3 is 19.8 Å². The highest BCUT2D eigenvalue weighted by atomic mass is 16.5. The molecule has 0 aromatic carbocycles. The van der Waals surface area contributed by atoms with Gasteiger partial charge in [0.25, 0.3) is 0 Å². The quantitative estimate of drug-likeness (QED) is 0.740. The Balaban J connectivity index is 3.19. The van der Waals surface area contributed by atoms with Crippen LogP contribution in [0.4, 0.5) is 5.82 Å². The third-order valence-electron chi connectivity index (χ3n) is 3.15. The molecule has 20 heavy (non-hydrogen) atoms. The van der Waals surface area contributed by atoms with Gasteiger partial charge in [-0.2, -0.15) is 0 Å². The Hall–Kier alpha value is -1.56. The SMILES string of the molecule is CCCC(COC)n1c(CC)nc(C(=O)OCC)c1N. The second-order valence-electron chi connectivity index (χ2n) is 4.60. The lowest BCUT2D eigenvalue weighted by Gasteiger charge is -2.20. The van der Waals surface area contributed by atoms with Crippen LogP contribution in [0.15, 0.2) is 0 Å². The minimum absolute atomic E-state index is 0.0932. The molecule has 1 atom stereocenters. The van der Waals surface area contributed by atoms with Crippen molar-refractivity contribution in [3.05, 3.63) is 11.5 Å². The van der Waals surface area contributed by atoms with E-state index in [1.54, 1.807) is 14.0 Å². The van der Waals surface area contributed by atoms with Crippen LogP contribution in [-0.4, -0.2) is 35.8 Å². The lowest BCUT2D eigenvalue weighted by atomic mass is 10.1. The van der Waals surface area contributed by atoms with Crippen LogP contribution in [0.25, 0.3) is 0 Å². The number of methoxy groups -OCH3 is 1. The molecular weight excluding hydrogens is 258 g/mol. The molecule has 0 aliphatic rings. The average molecular weight is 283 g/mol. The van der Waals surface area contributed by atoms with Gasteiger partial charge in [0.2, 0.25) is 0 Å². The summed E-state index contributed by atoms with van der Waals surface area (Å²) < 4.78 is 12.2. The number of aromatic nitrogens is 2. The van der Waals surface area contributed by atoms with Crippen LogP contribution in [0, 0.1) is 0 Å². The van der Waals surface area contributed by atoms with Gasteiger partial charge in [-0.25, -0.2) is 9.78 Å². The number of nitrogen functional groups attached to an aromatic ring is 1. The van der Waals surface area contributed by atoms with Gasteiger partial charge in [0.15, 0.2) is 5.69 Å². The molecule has 114 valence electrons. The summed E-state index contributed by atoms with van der Waals surface area (Å²) in [5.74, 6) is 0.697. The molecule has 0 radical (unpaired) electrons. The van der Waals surface area contributed by atoms with E-state index in [-0.39, 0.29) is 11.7 Å². The van der Waals surface area contributed by atoms with Crippen molar-refractivity contribution in [1.82, 2.24) is 9.55 Å². The molecule has 6 heteroatoms. The molecule has 1 heterocycles. The molecule has 0 aliphatic carbocycles. The predicted molar refractivity (Wildman–Crippen MR) is 77.8 cm³/mol. The first-order valence-electron chi connectivity index (χ1n) is 7.13. The van der Waals surface area contributed by atoms with Gasteiger partial charge in [-0.3, -0.25) is 0 Å². The molecular formula is C14H25N3O3. The maximum Gasteiger partial charge on any atom is 0.360 e. The summed E-state index contributed by atoms with van der Waals surface area (Å²) in [4.78, 5) is 16.2. The smallest absolute Gasteiger partial charge is 0.360 e. The van der Waals surface area contributed by atoms with Gasteiger partial charge in [-0.15, -0.1) is 0 Å². The van der Waals surface area contributed by atoms with Gasteiger partial charge in [0.05, 0.1) is 19.3 Å². The largest absolute Gasteiger partial charge is 0.461 e. The van der Waals surface area contributed by atoms with Gasteiger partial charge in [-0.1, -0.05) is 20.3 Å². The Bertz CT molecular complexity index is 437. The Morgan fingerprint density at radius 3 is 2.60 bits per heavy atom. The number of nitrogens with two attached hydrogens (primary N) is 1. The highest BCUT2D eigenvalue weighted by Crippen LogP contribution is 2.25.